The number of ether oxygens (including phenoxy) is 2. The van der Waals surface area contributed by atoms with E-state index in [9.17, 15) is 4.79 Å². The van der Waals surface area contributed by atoms with Crippen molar-refractivity contribution in [2.45, 2.75) is 38.8 Å². The third-order valence-electron chi connectivity index (χ3n) is 4.82. The molecule has 1 aromatic heterocycles. The molecule has 0 N–H and O–H groups in total. The lowest BCUT2D eigenvalue weighted by Gasteiger charge is -2.15. The van der Waals surface area contributed by atoms with Crippen molar-refractivity contribution >= 4 is 28.9 Å². The molecule has 0 fully saturated rings. The van der Waals surface area contributed by atoms with Crippen LogP contribution in [-0.4, -0.2) is 30.0 Å². The third-order valence-corrected chi connectivity index (χ3v) is 5.18. The summed E-state index contributed by atoms with van der Waals surface area (Å²) < 4.78 is 18.3. The summed E-state index contributed by atoms with van der Waals surface area (Å²) in [4.78, 5) is 11.7. The molecule has 0 bridgehead atoms. The molecule has 2 aromatic carbocycles. The van der Waals surface area contributed by atoms with Crippen molar-refractivity contribution in [2.24, 2.45) is 0 Å². The molecule has 29 heavy (non-hydrogen) atoms. The fraction of sp³-hybridized carbons (Fsp3) is 0.348. The van der Waals surface area contributed by atoms with E-state index in [1.54, 1.807) is 0 Å². The molecule has 0 aliphatic rings. The number of carbonyl (C=O) groups is 1. The Hall–Kier alpha value is -2.60. The van der Waals surface area contributed by atoms with Crippen LogP contribution < -0.4 is 8.92 Å². The van der Waals surface area contributed by atoms with E-state index < -0.39 is 6.10 Å². The van der Waals surface area contributed by atoms with E-state index in [4.69, 9.17) is 13.7 Å². The lowest BCUT2D eigenvalue weighted by atomic mass is 10.1. The predicted molar refractivity (Wildman–Crippen MR) is 118 cm³/mol. The summed E-state index contributed by atoms with van der Waals surface area (Å²) in [5, 5.41) is 1.19. The Bertz CT molecular complexity index is 936. The second-order valence-electron chi connectivity index (χ2n) is 6.77. The summed E-state index contributed by atoms with van der Waals surface area (Å²) >= 11 is 1.35. The van der Waals surface area contributed by atoms with E-state index in [2.05, 4.69) is 41.1 Å². The number of rotatable bonds is 10. The summed E-state index contributed by atoms with van der Waals surface area (Å²) in [6.45, 7) is 2.85. The van der Waals surface area contributed by atoms with Crippen molar-refractivity contribution < 1.29 is 18.5 Å². The van der Waals surface area contributed by atoms with Gasteiger partial charge < -0.3 is 18.2 Å². The van der Waals surface area contributed by atoms with Gasteiger partial charge in [0.25, 0.3) is 0 Å². The molecule has 154 valence electrons. The fourth-order valence-corrected chi connectivity index (χ4v) is 3.60. The van der Waals surface area contributed by atoms with Crippen LogP contribution in [0.15, 0.2) is 54.7 Å². The molecule has 5 nitrogen and oxygen atoms in total. The highest BCUT2D eigenvalue weighted by molar-refractivity contribution is 7.94. The lowest BCUT2D eigenvalue weighted by Crippen LogP contribution is -2.27. The normalized spacial score (nSPS) is 12.0. The van der Waals surface area contributed by atoms with Gasteiger partial charge in [0.2, 0.25) is 0 Å². The number of hydrogen-bond donors (Lipinski definition) is 0. The standard InChI is InChI=1S/C23H27NO4S/c1-4-22(23(25)26-2)27-19-9-7-17(8-10-19)6-5-14-24-15-13-18-16-20(28-29-3)11-12-21(18)24/h7-13,15-16,22H,4-6,14H2,1-3H3. The van der Waals surface area contributed by atoms with Crippen LogP contribution in [0.1, 0.15) is 25.3 Å². The van der Waals surface area contributed by atoms with Gasteiger partial charge in [-0.25, -0.2) is 4.79 Å². The lowest BCUT2D eigenvalue weighted by molar-refractivity contribution is -0.148. The number of carbonyl (C=O) groups excluding carboxylic acids is 1. The number of hydrogen-bond acceptors (Lipinski definition) is 5. The smallest absolute Gasteiger partial charge is 0.347 e. The molecule has 0 saturated heterocycles. The van der Waals surface area contributed by atoms with E-state index in [0.717, 1.165) is 25.1 Å². The summed E-state index contributed by atoms with van der Waals surface area (Å²) in [6, 6.07) is 16.3. The number of fused-ring (bicyclic) bond motifs is 1. The average molecular weight is 414 g/mol. The number of benzene rings is 2. The second kappa shape index (κ2) is 10.3. The first-order valence-corrected chi connectivity index (χ1v) is 10.9. The Labute approximate surface area is 176 Å². The maximum atomic E-state index is 11.7. The van der Waals surface area contributed by atoms with Crippen molar-refractivity contribution in [2.75, 3.05) is 13.4 Å². The van der Waals surface area contributed by atoms with E-state index >= 15 is 0 Å². The molecule has 0 saturated carbocycles. The van der Waals surface area contributed by atoms with E-state index in [1.165, 1.54) is 35.6 Å². The van der Waals surface area contributed by atoms with Crippen molar-refractivity contribution in [3.63, 3.8) is 0 Å². The molecule has 0 spiro atoms. The van der Waals surface area contributed by atoms with Crippen molar-refractivity contribution in [1.29, 1.82) is 0 Å². The summed E-state index contributed by atoms with van der Waals surface area (Å²) in [5.74, 6) is 1.22. The Morgan fingerprint density at radius 1 is 1.10 bits per heavy atom. The summed E-state index contributed by atoms with van der Waals surface area (Å²) in [5.41, 5.74) is 2.46. The monoisotopic (exact) mass is 413 g/mol. The van der Waals surface area contributed by atoms with Crippen LogP contribution in [-0.2, 0) is 22.5 Å². The minimum absolute atomic E-state index is 0.345. The maximum Gasteiger partial charge on any atom is 0.347 e. The summed E-state index contributed by atoms with van der Waals surface area (Å²) in [7, 11) is 1.38. The fourth-order valence-electron chi connectivity index (χ4n) is 3.30. The van der Waals surface area contributed by atoms with Crippen molar-refractivity contribution in [1.82, 2.24) is 4.57 Å². The molecule has 3 aromatic rings. The van der Waals surface area contributed by atoms with Gasteiger partial charge >= 0.3 is 5.97 Å². The first-order valence-electron chi connectivity index (χ1n) is 9.77. The molecule has 1 heterocycles. The zero-order valence-corrected chi connectivity index (χ0v) is 17.9. The zero-order chi connectivity index (χ0) is 20.6. The molecular formula is C23H27NO4S. The van der Waals surface area contributed by atoms with Gasteiger partial charge in [0.05, 0.1) is 19.2 Å². The Balaban J connectivity index is 1.54. The van der Waals surface area contributed by atoms with Gasteiger partial charge in [0.1, 0.15) is 11.5 Å². The minimum Gasteiger partial charge on any atom is -0.479 e. The zero-order valence-electron chi connectivity index (χ0n) is 17.1. The van der Waals surface area contributed by atoms with Gasteiger partial charge in [0.15, 0.2) is 6.10 Å². The SMILES string of the molecule is CCC(Oc1ccc(CCCn2ccc3cc(OSC)ccc32)cc1)C(=O)OC. The van der Waals surface area contributed by atoms with Gasteiger partial charge in [-0.3, -0.25) is 0 Å². The molecule has 3 rings (SSSR count). The van der Waals surface area contributed by atoms with Crippen LogP contribution in [0.4, 0.5) is 0 Å². The van der Waals surface area contributed by atoms with Gasteiger partial charge in [-0.15, -0.1) is 0 Å². The number of nitrogens with zero attached hydrogens (tertiary/aromatic N) is 1. The molecule has 1 unspecified atom stereocenters. The maximum absolute atomic E-state index is 11.7. The number of esters is 1. The molecule has 0 aliphatic carbocycles. The Morgan fingerprint density at radius 2 is 1.86 bits per heavy atom. The van der Waals surface area contributed by atoms with Crippen LogP contribution in [0, 0.1) is 0 Å². The van der Waals surface area contributed by atoms with Crippen LogP contribution in [0.5, 0.6) is 11.5 Å². The van der Waals surface area contributed by atoms with Gasteiger partial charge in [-0.2, -0.15) is 0 Å². The second-order valence-corrected chi connectivity index (χ2v) is 7.27. The van der Waals surface area contributed by atoms with E-state index in [-0.39, 0.29) is 5.97 Å². The molecule has 0 radical (unpaired) electrons. The van der Waals surface area contributed by atoms with Crippen LogP contribution in [0.25, 0.3) is 10.9 Å². The quantitative estimate of drug-likeness (QED) is 0.335. The minimum atomic E-state index is -0.560. The number of aromatic nitrogens is 1. The Morgan fingerprint density at radius 3 is 2.55 bits per heavy atom. The van der Waals surface area contributed by atoms with E-state index in [0.29, 0.717) is 12.2 Å². The Kier molecular flexibility index (Phi) is 7.47. The molecular weight excluding hydrogens is 386 g/mol. The first-order chi connectivity index (χ1) is 14.1. The number of aryl methyl sites for hydroxylation is 2. The van der Waals surface area contributed by atoms with Crippen LogP contribution in [0.3, 0.4) is 0 Å². The predicted octanol–water partition coefficient (Wildman–Crippen LogP) is 5.26. The molecule has 1 atom stereocenters. The van der Waals surface area contributed by atoms with Gasteiger partial charge in [-0.05, 0) is 61.2 Å². The highest BCUT2D eigenvalue weighted by Crippen LogP contribution is 2.24. The van der Waals surface area contributed by atoms with Gasteiger partial charge in [-0.1, -0.05) is 19.1 Å². The third kappa shape index (κ3) is 5.48. The topological polar surface area (TPSA) is 49.7 Å². The molecule has 0 aliphatic heterocycles. The largest absolute Gasteiger partial charge is 0.479 e. The first kappa shape index (κ1) is 21.1. The highest BCUT2D eigenvalue weighted by atomic mass is 32.2. The number of methoxy groups -OCH3 is 1. The van der Waals surface area contributed by atoms with Crippen LogP contribution >= 0.6 is 12.0 Å². The average Bonchev–Trinajstić information content (AvgIpc) is 3.15. The molecule has 0 amide bonds. The van der Waals surface area contributed by atoms with E-state index in [1.807, 2.05) is 31.4 Å². The highest BCUT2D eigenvalue weighted by Gasteiger charge is 2.18. The van der Waals surface area contributed by atoms with Crippen LogP contribution in [0.2, 0.25) is 0 Å². The van der Waals surface area contributed by atoms with Crippen molar-refractivity contribution in [3.05, 3.63) is 60.3 Å². The van der Waals surface area contributed by atoms with Crippen molar-refractivity contribution in [3.8, 4) is 11.5 Å². The molecule has 6 heteroatoms. The van der Waals surface area contributed by atoms with Gasteiger partial charge in [0, 0.05) is 29.9 Å². The summed E-state index contributed by atoms with van der Waals surface area (Å²) in [6.07, 6.45) is 6.06.